The van der Waals surface area contributed by atoms with Gasteiger partial charge in [0.25, 0.3) is 0 Å². The van der Waals surface area contributed by atoms with Gasteiger partial charge < -0.3 is 4.74 Å². The molecule has 4 aromatic carbocycles. The van der Waals surface area contributed by atoms with Crippen LogP contribution < -0.4 is 5.01 Å². The van der Waals surface area contributed by atoms with Gasteiger partial charge in [0.2, 0.25) is 5.04 Å². The van der Waals surface area contributed by atoms with Crippen LogP contribution in [0.25, 0.3) is 0 Å². The zero-order chi connectivity index (χ0) is 26.5. The summed E-state index contributed by atoms with van der Waals surface area (Å²) in [5.41, 5.74) is 9.30. The minimum atomic E-state index is -0.725. The Morgan fingerprint density at radius 2 is 1.21 bits per heavy atom. The molecule has 38 heavy (non-hydrogen) atoms. The molecule has 1 spiro atoms. The Morgan fingerprint density at radius 3 is 1.76 bits per heavy atom. The number of carbonyl (C=O) groups is 1. The first-order chi connectivity index (χ1) is 18.4. The number of anilines is 1. The summed E-state index contributed by atoms with van der Waals surface area (Å²) >= 11 is 3.32. The topological polar surface area (TPSA) is 41.9 Å². The molecule has 6 rings (SSSR count). The van der Waals surface area contributed by atoms with Crippen LogP contribution in [0, 0.1) is 20.8 Å². The second kappa shape index (κ2) is 9.37. The van der Waals surface area contributed by atoms with Gasteiger partial charge in [-0.15, -0.1) is 0 Å². The predicted molar refractivity (Wildman–Crippen MR) is 159 cm³/mol. The Kier molecular flexibility index (Phi) is 6.12. The summed E-state index contributed by atoms with van der Waals surface area (Å²) in [7, 11) is 1.41. The molecule has 0 fully saturated rings. The quantitative estimate of drug-likeness (QED) is 0.253. The van der Waals surface area contributed by atoms with E-state index in [-0.39, 0.29) is 0 Å². The van der Waals surface area contributed by atoms with Crippen LogP contribution in [0.3, 0.4) is 0 Å². The molecule has 190 valence electrons. The maximum absolute atomic E-state index is 12.9. The molecule has 0 N–H and O–H groups in total. The first kappa shape index (κ1) is 24.8. The van der Waals surface area contributed by atoms with Crippen LogP contribution in [0.4, 0.5) is 5.69 Å². The lowest BCUT2D eigenvalue weighted by Crippen LogP contribution is -2.34. The number of ether oxygens (including phenoxy) is 1. The van der Waals surface area contributed by atoms with E-state index in [1.165, 1.54) is 46.7 Å². The van der Waals surface area contributed by atoms with Crippen molar-refractivity contribution >= 4 is 40.2 Å². The van der Waals surface area contributed by atoms with E-state index < -0.39 is 14.9 Å². The number of fused-ring (bicyclic) bond motifs is 2. The van der Waals surface area contributed by atoms with E-state index >= 15 is 0 Å². The van der Waals surface area contributed by atoms with Crippen molar-refractivity contribution in [2.45, 2.75) is 29.7 Å². The second-order valence-corrected chi connectivity index (χ2v) is 12.5. The van der Waals surface area contributed by atoms with E-state index in [0.717, 1.165) is 16.8 Å². The molecular weight excluding hydrogens is 508 g/mol. The molecule has 0 amide bonds. The van der Waals surface area contributed by atoms with Crippen LogP contribution in [0.5, 0.6) is 0 Å². The summed E-state index contributed by atoms with van der Waals surface area (Å²) < 4.78 is 3.92. The molecule has 4 nitrogen and oxygen atoms in total. The van der Waals surface area contributed by atoms with Crippen molar-refractivity contribution in [1.82, 2.24) is 0 Å². The number of hydrogen-bond acceptors (Lipinski definition) is 6. The van der Waals surface area contributed by atoms with Crippen LogP contribution in [-0.2, 0) is 18.5 Å². The van der Waals surface area contributed by atoms with Gasteiger partial charge in [-0.05, 0) is 60.2 Å². The lowest BCUT2D eigenvalue weighted by molar-refractivity contribution is -0.132. The van der Waals surface area contributed by atoms with Crippen LogP contribution >= 0.6 is 23.5 Å². The van der Waals surface area contributed by atoms with Crippen molar-refractivity contribution in [3.63, 3.8) is 0 Å². The lowest BCUT2D eigenvalue weighted by Gasteiger charge is -2.38. The van der Waals surface area contributed by atoms with Crippen molar-refractivity contribution in [1.29, 1.82) is 0 Å². The number of thioether (sulfide) groups is 2. The zero-order valence-electron chi connectivity index (χ0n) is 21.8. The minimum absolute atomic E-state index is 0.350. The van der Waals surface area contributed by atoms with Crippen LogP contribution in [0.2, 0.25) is 0 Å². The Balaban J connectivity index is 1.69. The number of rotatable bonds is 4. The number of esters is 1. The highest BCUT2D eigenvalue weighted by atomic mass is 32.2. The van der Waals surface area contributed by atoms with Gasteiger partial charge in [0.15, 0.2) is 4.20 Å². The third-order valence-electron chi connectivity index (χ3n) is 7.40. The standard InChI is InChI=1S/C32H28N2O2S2/c1-21-13-5-8-16-24(21)31(25-17-9-6-14-22(25)2)26-18-10-11-19-27(26)32(38-31)34(28-20-12-7-15-23(28)3)33-29(37-32)30(35)36-4/h5-20H,1-4H3/t32-/m0/s1. The molecule has 0 aromatic heterocycles. The molecule has 0 aliphatic carbocycles. The van der Waals surface area contributed by atoms with Crippen molar-refractivity contribution in [3.05, 3.63) is 136 Å². The van der Waals surface area contributed by atoms with Gasteiger partial charge in [-0.2, -0.15) is 5.10 Å². The molecule has 4 aromatic rings. The van der Waals surface area contributed by atoms with E-state index in [0.29, 0.717) is 5.04 Å². The smallest absolute Gasteiger partial charge is 0.365 e. The molecule has 0 saturated heterocycles. The fourth-order valence-electron chi connectivity index (χ4n) is 5.63. The summed E-state index contributed by atoms with van der Waals surface area (Å²) in [5, 5.41) is 7.33. The third kappa shape index (κ3) is 3.54. The van der Waals surface area contributed by atoms with E-state index in [1.54, 1.807) is 0 Å². The van der Waals surface area contributed by atoms with Crippen LogP contribution in [-0.4, -0.2) is 18.1 Å². The molecule has 2 heterocycles. The van der Waals surface area contributed by atoms with Crippen molar-refractivity contribution in [2.75, 3.05) is 12.1 Å². The molecule has 0 saturated carbocycles. The highest BCUT2D eigenvalue weighted by Crippen LogP contribution is 2.71. The van der Waals surface area contributed by atoms with Gasteiger partial charge in [0, 0.05) is 5.56 Å². The Bertz CT molecular complexity index is 1550. The maximum atomic E-state index is 12.9. The van der Waals surface area contributed by atoms with E-state index in [2.05, 4.69) is 106 Å². The van der Waals surface area contributed by atoms with Gasteiger partial charge in [0.05, 0.1) is 17.5 Å². The van der Waals surface area contributed by atoms with E-state index in [9.17, 15) is 4.79 Å². The number of benzene rings is 4. The zero-order valence-corrected chi connectivity index (χ0v) is 23.4. The molecule has 2 aliphatic rings. The number of carbonyl (C=O) groups excluding carboxylic acids is 1. The van der Waals surface area contributed by atoms with Gasteiger partial charge in [-0.25, -0.2) is 9.80 Å². The fraction of sp³-hybridized carbons (Fsp3) is 0.188. The summed E-state index contributed by atoms with van der Waals surface area (Å²) in [6, 6.07) is 34.1. The third-order valence-corrected chi connectivity index (χ3v) is 10.6. The lowest BCUT2D eigenvalue weighted by atomic mass is 9.79. The molecule has 6 heteroatoms. The van der Waals surface area contributed by atoms with E-state index in [4.69, 9.17) is 9.84 Å². The van der Waals surface area contributed by atoms with Gasteiger partial charge >= 0.3 is 5.97 Å². The average Bonchev–Trinajstić information content (AvgIpc) is 3.46. The van der Waals surface area contributed by atoms with Crippen LogP contribution in [0.15, 0.2) is 102 Å². The largest absolute Gasteiger partial charge is 0.464 e. The average molecular weight is 537 g/mol. The van der Waals surface area contributed by atoms with Crippen molar-refractivity contribution in [2.24, 2.45) is 5.10 Å². The molecule has 2 aliphatic heterocycles. The molecule has 0 unspecified atom stereocenters. The first-order valence-electron chi connectivity index (χ1n) is 12.6. The summed E-state index contributed by atoms with van der Waals surface area (Å²) in [6.07, 6.45) is 0. The van der Waals surface area contributed by atoms with Gasteiger partial charge in [-0.3, -0.25) is 0 Å². The number of methoxy groups -OCH3 is 1. The predicted octanol–water partition coefficient (Wildman–Crippen LogP) is 7.50. The highest BCUT2D eigenvalue weighted by molar-refractivity contribution is 8.27. The van der Waals surface area contributed by atoms with E-state index in [1.807, 2.05) is 28.9 Å². The summed E-state index contributed by atoms with van der Waals surface area (Å²) in [5.74, 6) is -0.423. The fourth-order valence-corrected chi connectivity index (χ4v) is 9.37. The van der Waals surface area contributed by atoms with Crippen LogP contribution in [0.1, 0.15) is 38.9 Å². The molecule has 1 atom stereocenters. The maximum Gasteiger partial charge on any atom is 0.365 e. The summed E-state index contributed by atoms with van der Waals surface area (Å²) in [4.78, 5) is 12.9. The minimum Gasteiger partial charge on any atom is -0.464 e. The molecular formula is C32H28N2O2S2. The van der Waals surface area contributed by atoms with Crippen molar-refractivity contribution in [3.8, 4) is 0 Å². The first-order valence-corrected chi connectivity index (χ1v) is 14.2. The number of nitrogens with zero attached hydrogens (tertiary/aromatic N) is 2. The second-order valence-electron chi connectivity index (χ2n) is 9.64. The SMILES string of the molecule is COC(=O)C1=NN(c2ccccc2C)[C@@]2(S1)SC(c1ccccc1C)(c1ccccc1C)c1ccccc12. The Labute approximate surface area is 232 Å². The normalized spacial score (nSPS) is 19.4. The molecule has 0 radical (unpaired) electrons. The summed E-state index contributed by atoms with van der Waals surface area (Å²) in [6.45, 7) is 6.45. The number of aryl methyl sites for hydroxylation is 3. The number of para-hydroxylation sites is 1. The number of hydrogen-bond donors (Lipinski definition) is 0. The molecule has 0 bridgehead atoms. The Hall–Kier alpha value is -3.48. The number of hydrazone groups is 1. The van der Waals surface area contributed by atoms with Gasteiger partial charge in [0.1, 0.15) is 0 Å². The van der Waals surface area contributed by atoms with Crippen molar-refractivity contribution < 1.29 is 9.53 Å². The highest BCUT2D eigenvalue weighted by Gasteiger charge is 2.62. The van der Waals surface area contributed by atoms with Gasteiger partial charge in [-0.1, -0.05) is 115 Å². The monoisotopic (exact) mass is 536 g/mol. The Morgan fingerprint density at radius 1 is 0.711 bits per heavy atom.